The summed E-state index contributed by atoms with van der Waals surface area (Å²) in [6.45, 7) is 2.12. The van der Waals surface area contributed by atoms with Gasteiger partial charge in [-0.2, -0.15) is 5.10 Å². The number of nitrogens with zero attached hydrogens (tertiary/aromatic N) is 3. The van der Waals surface area contributed by atoms with Crippen LogP contribution in [0.25, 0.3) is 0 Å². The third-order valence-corrected chi connectivity index (χ3v) is 4.54. The number of nitro groups is 1. The van der Waals surface area contributed by atoms with Crippen LogP contribution < -0.4 is 10.9 Å². The largest absolute Gasteiger partial charge is 0.350 e. The van der Waals surface area contributed by atoms with E-state index in [2.05, 4.69) is 10.4 Å². The van der Waals surface area contributed by atoms with Crippen molar-refractivity contribution in [2.75, 3.05) is 6.54 Å². The van der Waals surface area contributed by atoms with Crippen molar-refractivity contribution in [1.82, 2.24) is 15.1 Å². The Bertz CT molecular complexity index is 920. The van der Waals surface area contributed by atoms with Crippen molar-refractivity contribution in [1.29, 1.82) is 0 Å². The molecular weight excluding hydrogens is 336 g/mol. The summed E-state index contributed by atoms with van der Waals surface area (Å²) in [5, 5.41) is 18.0. The number of carbonyl (C=O) groups is 1. The molecule has 0 saturated carbocycles. The Labute approximate surface area is 150 Å². The molecule has 136 valence electrons. The lowest BCUT2D eigenvalue weighted by molar-refractivity contribution is -0.385. The van der Waals surface area contributed by atoms with Crippen molar-refractivity contribution in [3.8, 4) is 0 Å². The van der Waals surface area contributed by atoms with Crippen LogP contribution in [0.15, 0.2) is 29.1 Å². The van der Waals surface area contributed by atoms with Gasteiger partial charge in [-0.05, 0) is 50.3 Å². The zero-order valence-corrected chi connectivity index (χ0v) is 14.5. The van der Waals surface area contributed by atoms with Crippen molar-refractivity contribution in [2.24, 2.45) is 0 Å². The fraction of sp³-hybridized carbons (Fsp3) is 0.389. The van der Waals surface area contributed by atoms with Crippen LogP contribution in [-0.2, 0) is 19.4 Å². The van der Waals surface area contributed by atoms with E-state index in [0.717, 1.165) is 36.9 Å². The van der Waals surface area contributed by atoms with Crippen LogP contribution in [0.2, 0.25) is 0 Å². The van der Waals surface area contributed by atoms with Crippen LogP contribution in [0.1, 0.15) is 40.0 Å². The van der Waals surface area contributed by atoms with Crippen molar-refractivity contribution >= 4 is 11.6 Å². The highest BCUT2D eigenvalue weighted by atomic mass is 16.6. The molecule has 1 aromatic carbocycles. The summed E-state index contributed by atoms with van der Waals surface area (Å²) in [7, 11) is 0. The first-order valence-corrected chi connectivity index (χ1v) is 8.59. The third-order valence-electron chi connectivity index (χ3n) is 4.54. The summed E-state index contributed by atoms with van der Waals surface area (Å²) in [6, 6.07) is 5.86. The minimum Gasteiger partial charge on any atom is -0.350 e. The quantitative estimate of drug-likeness (QED) is 0.649. The molecule has 26 heavy (non-hydrogen) atoms. The van der Waals surface area contributed by atoms with Crippen LogP contribution in [0.4, 0.5) is 5.69 Å². The molecule has 1 aliphatic rings. The first-order valence-electron chi connectivity index (χ1n) is 8.59. The fourth-order valence-electron chi connectivity index (χ4n) is 3.14. The molecule has 0 saturated heterocycles. The summed E-state index contributed by atoms with van der Waals surface area (Å²) in [4.78, 5) is 34.7. The van der Waals surface area contributed by atoms with E-state index >= 15 is 0 Å². The average Bonchev–Trinajstić information content (AvgIpc) is 2.61. The molecule has 0 atom stereocenters. The monoisotopic (exact) mass is 356 g/mol. The highest BCUT2D eigenvalue weighted by molar-refractivity contribution is 5.94. The lowest BCUT2D eigenvalue weighted by Crippen LogP contribution is -2.33. The summed E-state index contributed by atoms with van der Waals surface area (Å²) in [6.07, 6.45) is 3.94. The number of hydrogen-bond acceptors (Lipinski definition) is 5. The Morgan fingerprint density at radius 1 is 1.31 bits per heavy atom. The summed E-state index contributed by atoms with van der Waals surface area (Å²) in [5.41, 5.74) is 2.59. The van der Waals surface area contributed by atoms with Gasteiger partial charge in [0.1, 0.15) is 0 Å². The maximum Gasteiger partial charge on any atom is 0.272 e. The van der Waals surface area contributed by atoms with Gasteiger partial charge in [0.25, 0.3) is 17.2 Å². The Morgan fingerprint density at radius 3 is 2.81 bits per heavy atom. The van der Waals surface area contributed by atoms with Crippen LogP contribution in [0.3, 0.4) is 0 Å². The van der Waals surface area contributed by atoms with Gasteiger partial charge < -0.3 is 5.32 Å². The van der Waals surface area contributed by atoms with Gasteiger partial charge in [-0.1, -0.05) is 0 Å². The molecule has 1 aliphatic carbocycles. The number of carbonyl (C=O) groups excluding carboxylic acids is 1. The van der Waals surface area contributed by atoms with Crippen LogP contribution in [0.5, 0.6) is 0 Å². The van der Waals surface area contributed by atoms with E-state index in [1.54, 1.807) is 13.0 Å². The molecule has 0 aliphatic heterocycles. The Balaban J connectivity index is 1.63. The molecule has 0 bridgehead atoms. The predicted molar refractivity (Wildman–Crippen MR) is 95.3 cm³/mol. The van der Waals surface area contributed by atoms with Gasteiger partial charge in [0, 0.05) is 29.8 Å². The second-order valence-corrected chi connectivity index (χ2v) is 6.40. The van der Waals surface area contributed by atoms with Gasteiger partial charge in [-0.3, -0.25) is 19.7 Å². The number of amides is 1. The van der Waals surface area contributed by atoms with E-state index < -0.39 is 4.92 Å². The Hall–Kier alpha value is -3.03. The van der Waals surface area contributed by atoms with Crippen molar-refractivity contribution in [2.45, 2.75) is 39.2 Å². The fourth-order valence-corrected chi connectivity index (χ4v) is 3.14. The number of rotatable bonds is 5. The zero-order valence-electron chi connectivity index (χ0n) is 14.5. The number of aryl methyl sites for hydroxylation is 3. The summed E-state index contributed by atoms with van der Waals surface area (Å²) < 4.78 is 1.38. The summed E-state index contributed by atoms with van der Waals surface area (Å²) in [5.74, 6) is -0.339. The molecular formula is C18H20N4O4. The second-order valence-electron chi connectivity index (χ2n) is 6.40. The molecule has 0 fully saturated rings. The lowest BCUT2D eigenvalue weighted by Gasteiger charge is -2.16. The normalized spacial score (nSPS) is 13.1. The van der Waals surface area contributed by atoms with Gasteiger partial charge in [0.2, 0.25) is 0 Å². The minimum atomic E-state index is -0.481. The maximum atomic E-state index is 12.2. The molecule has 2 aromatic rings. The first kappa shape index (κ1) is 17.8. The number of fused-ring (bicyclic) bond motifs is 1. The Morgan fingerprint density at radius 2 is 2.08 bits per heavy atom. The molecule has 0 radical (unpaired) electrons. The van der Waals surface area contributed by atoms with Crippen LogP contribution >= 0.6 is 0 Å². The van der Waals surface area contributed by atoms with E-state index in [1.165, 1.54) is 22.9 Å². The molecule has 8 nitrogen and oxygen atoms in total. The van der Waals surface area contributed by atoms with Crippen molar-refractivity contribution in [3.63, 3.8) is 0 Å². The zero-order chi connectivity index (χ0) is 18.7. The molecule has 1 N–H and O–H groups in total. The molecule has 0 unspecified atom stereocenters. The van der Waals surface area contributed by atoms with Gasteiger partial charge in [0.15, 0.2) is 0 Å². The topological polar surface area (TPSA) is 107 Å². The van der Waals surface area contributed by atoms with E-state index in [0.29, 0.717) is 11.1 Å². The smallest absolute Gasteiger partial charge is 0.272 e. The average molecular weight is 356 g/mol. The van der Waals surface area contributed by atoms with Gasteiger partial charge in [-0.25, -0.2) is 4.68 Å². The van der Waals surface area contributed by atoms with Crippen LogP contribution in [-0.4, -0.2) is 27.2 Å². The minimum absolute atomic E-state index is 0.0219. The molecule has 3 rings (SSSR count). The van der Waals surface area contributed by atoms with Crippen molar-refractivity contribution < 1.29 is 9.72 Å². The number of nitro benzene ring substituents is 1. The second kappa shape index (κ2) is 7.47. The standard InChI is InChI=1S/C18H20N4O4/c1-12-10-14(6-7-16(12)22(25)26)18(24)19-8-9-21-17(23)11-13-4-2-3-5-15(13)20-21/h6-7,10-11H,2-5,8-9H2,1H3,(H,19,24). The molecule has 0 spiro atoms. The summed E-state index contributed by atoms with van der Waals surface area (Å²) >= 11 is 0. The highest BCUT2D eigenvalue weighted by Crippen LogP contribution is 2.19. The van der Waals surface area contributed by atoms with E-state index in [4.69, 9.17) is 0 Å². The van der Waals surface area contributed by atoms with Gasteiger partial charge >= 0.3 is 0 Å². The third kappa shape index (κ3) is 3.79. The van der Waals surface area contributed by atoms with E-state index in [9.17, 15) is 19.7 Å². The SMILES string of the molecule is Cc1cc(C(=O)NCCn2nc3c(cc2=O)CCCC3)ccc1[N+](=O)[O-]. The van der Waals surface area contributed by atoms with E-state index in [-0.39, 0.29) is 30.2 Å². The molecule has 1 heterocycles. The first-order chi connectivity index (χ1) is 12.5. The molecule has 1 aromatic heterocycles. The van der Waals surface area contributed by atoms with Gasteiger partial charge in [-0.15, -0.1) is 0 Å². The number of hydrogen-bond donors (Lipinski definition) is 1. The van der Waals surface area contributed by atoms with Crippen LogP contribution in [0, 0.1) is 17.0 Å². The van der Waals surface area contributed by atoms with E-state index in [1.807, 2.05) is 0 Å². The number of benzene rings is 1. The predicted octanol–water partition coefficient (Wildman–Crippen LogP) is 1.77. The molecule has 8 heteroatoms. The Kier molecular flexibility index (Phi) is 5.11. The maximum absolute atomic E-state index is 12.2. The highest BCUT2D eigenvalue weighted by Gasteiger charge is 2.15. The molecule has 1 amide bonds. The van der Waals surface area contributed by atoms with Crippen molar-refractivity contribution in [3.05, 3.63) is 67.1 Å². The van der Waals surface area contributed by atoms with Gasteiger partial charge in [0.05, 0.1) is 17.2 Å². The lowest BCUT2D eigenvalue weighted by atomic mass is 9.97. The number of aromatic nitrogens is 2. The number of nitrogens with one attached hydrogen (secondary N) is 1.